The zero-order chi connectivity index (χ0) is 11.4. The lowest BCUT2D eigenvalue weighted by molar-refractivity contribution is 0.150. The van der Waals surface area contributed by atoms with E-state index in [0.29, 0.717) is 0 Å². The lowest BCUT2D eigenvalue weighted by Gasteiger charge is -2.14. The van der Waals surface area contributed by atoms with Crippen molar-refractivity contribution >= 4 is 5.82 Å². The van der Waals surface area contributed by atoms with Gasteiger partial charge in [-0.05, 0) is 18.4 Å². The van der Waals surface area contributed by atoms with Gasteiger partial charge in [0.25, 0.3) is 0 Å². The molecule has 0 bridgehead atoms. The lowest BCUT2D eigenvalue weighted by Crippen LogP contribution is -2.15. The molecule has 1 N–H and O–H groups in total. The number of nitrogens with one attached hydrogen (secondary N) is 1. The van der Waals surface area contributed by atoms with E-state index in [1.165, 1.54) is 5.57 Å². The van der Waals surface area contributed by atoms with E-state index in [4.69, 9.17) is 4.74 Å². The van der Waals surface area contributed by atoms with Crippen LogP contribution in [0.4, 0.5) is 5.82 Å². The summed E-state index contributed by atoms with van der Waals surface area (Å²) in [5.41, 5.74) is 2.45. The summed E-state index contributed by atoms with van der Waals surface area (Å²) in [7, 11) is 1.97. The average Bonchev–Trinajstić information content (AvgIpc) is 2.69. The molecule has 2 heterocycles. The third kappa shape index (κ3) is 2.64. The van der Waals surface area contributed by atoms with E-state index >= 15 is 0 Å². The summed E-state index contributed by atoms with van der Waals surface area (Å²) in [6.07, 6.45) is 4.26. The Bertz CT molecular complexity index is 382. The van der Waals surface area contributed by atoms with Crippen molar-refractivity contribution in [1.82, 2.24) is 9.78 Å². The van der Waals surface area contributed by atoms with Crippen LogP contribution in [0.1, 0.15) is 19.0 Å². The highest BCUT2D eigenvalue weighted by atomic mass is 16.5. The molecule has 0 aliphatic carbocycles. The molecule has 0 spiro atoms. The Hall–Kier alpha value is -1.29. The third-order valence-electron chi connectivity index (χ3n) is 2.77. The van der Waals surface area contributed by atoms with Gasteiger partial charge in [-0.3, -0.25) is 4.68 Å². The summed E-state index contributed by atoms with van der Waals surface area (Å²) in [6, 6.07) is 2.10. The van der Waals surface area contributed by atoms with Gasteiger partial charge < -0.3 is 10.1 Å². The van der Waals surface area contributed by atoms with Crippen molar-refractivity contribution in [2.24, 2.45) is 7.05 Å². The summed E-state index contributed by atoms with van der Waals surface area (Å²) in [5.74, 6) is 1.07. The molecule has 4 nitrogen and oxygen atoms in total. The predicted octanol–water partition coefficient (Wildman–Crippen LogP) is 1.74. The first-order chi connectivity index (χ1) is 7.79. The minimum atomic E-state index is 0.755. The van der Waals surface area contributed by atoms with Crippen molar-refractivity contribution in [3.63, 3.8) is 0 Å². The van der Waals surface area contributed by atoms with Gasteiger partial charge in [0.05, 0.1) is 18.9 Å². The molecule has 0 radical (unpaired) electrons. The van der Waals surface area contributed by atoms with Crippen LogP contribution in [0.2, 0.25) is 0 Å². The number of anilines is 1. The third-order valence-corrected chi connectivity index (χ3v) is 2.77. The van der Waals surface area contributed by atoms with E-state index < -0.39 is 0 Å². The molecule has 0 saturated carbocycles. The predicted molar refractivity (Wildman–Crippen MR) is 64.6 cm³/mol. The Labute approximate surface area is 96.3 Å². The first-order valence-electron chi connectivity index (χ1n) is 5.82. The van der Waals surface area contributed by atoms with E-state index in [-0.39, 0.29) is 0 Å². The Morgan fingerprint density at radius 1 is 1.56 bits per heavy atom. The van der Waals surface area contributed by atoms with Gasteiger partial charge in [0.15, 0.2) is 0 Å². The van der Waals surface area contributed by atoms with Gasteiger partial charge in [0.1, 0.15) is 5.82 Å². The largest absolute Gasteiger partial charge is 0.377 e. The second-order valence-electron chi connectivity index (χ2n) is 4.06. The van der Waals surface area contributed by atoms with Crippen molar-refractivity contribution in [1.29, 1.82) is 0 Å². The highest BCUT2D eigenvalue weighted by Crippen LogP contribution is 2.11. The van der Waals surface area contributed by atoms with Gasteiger partial charge in [-0.25, -0.2) is 0 Å². The summed E-state index contributed by atoms with van der Waals surface area (Å²) in [5, 5.41) is 7.79. The molecule has 1 aliphatic heterocycles. The van der Waals surface area contributed by atoms with Crippen molar-refractivity contribution < 1.29 is 4.74 Å². The second kappa shape index (κ2) is 5.16. The van der Waals surface area contributed by atoms with Crippen molar-refractivity contribution in [2.75, 3.05) is 25.1 Å². The van der Waals surface area contributed by atoms with Crippen LogP contribution in [0.15, 0.2) is 17.7 Å². The van der Waals surface area contributed by atoms with Crippen LogP contribution in [-0.4, -0.2) is 29.5 Å². The molecule has 1 aromatic heterocycles. The molecular weight excluding hydrogens is 202 g/mol. The molecule has 2 rings (SSSR count). The van der Waals surface area contributed by atoms with Gasteiger partial charge in [-0.2, -0.15) is 5.10 Å². The summed E-state index contributed by atoms with van der Waals surface area (Å²) in [4.78, 5) is 0. The molecule has 4 heteroatoms. The highest BCUT2D eigenvalue weighted by molar-refractivity contribution is 5.38. The normalized spacial score (nSPS) is 16.0. The monoisotopic (exact) mass is 221 g/mol. The van der Waals surface area contributed by atoms with Gasteiger partial charge in [0, 0.05) is 19.7 Å². The van der Waals surface area contributed by atoms with E-state index in [2.05, 4.69) is 29.5 Å². The molecule has 1 aliphatic rings. The Kier molecular flexibility index (Phi) is 3.62. The topological polar surface area (TPSA) is 39.1 Å². The summed E-state index contributed by atoms with van der Waals surface area (Å²) < 4.78 is 7.29. The minimum absolute atomic E-state index is 0.755. The van der Waals surface area contributed by atoms with Crippen LogP contribution >= 0.6 is 0 Å². The fraction of sp³-hybridized carbons (Fsp3) is 0.583. The number of ether oxygens (including phenoxy) is 1. The molecule has 0 fully saturated rings. The zero-order valence-electron chi connectivity index (χ0n) is 9.99. The van der Waals surface area contributed by atoms with E-state index in [1.54, 1.807) is 0 Å². The van der Waals surface area contributed by atoms with Gasteiger partial charge in [-0.15, -0.1) is 0 Å². The molecule has 0 aromatic carbocycles. The van der Waals surface area contributed by atoms with Gasteiger partial charge >= 0.3 is 0 Å². The van der Waals surface area contributed by atoms with Crippen LogP contribution in [0, 0.1) is 0 Å². The van der Waals surface area contributed by atoms with Crippen LogP contribution in [-0.2, 0) is 18.2 Å². The van der Waals surface area contributed by atoms with E-state index in [9.17, 15) is 0 Å². The summed E-state index contributed by atoms with van der Waals surface area (Å²) >= 11 is 0. The molecule has 1 aromatic rings. The molecule has 0 unspecified atom stereocenters. The first kappa shape index (κ1) is 11.2. The highest BCUT2D eigenvalue weighted by Gasteiger charge is 2.06. The molecule has 16 heavy (non-hydrogen) atoms. The van der Waals surface area contributed by atoms with Gasteiger partial charge in [0.2, 0.25) is 0 Å². The van der Waals surface area contributed by atoms with Crippen LogP contribution in [0.5, 0.6) is 0 Å². The smallest absolute Gasteiger partial charge is 0.124 e. The summed E-state index contributed by atoms with van der Waals surface area (Å²) in [6.45, 7) is 4.58. The Morgan fingerprint density at radius 3 is 3.06 bits per heavy atom. The molecule has 0 saturated heterocycles. The fourth-order valence-electron chi connectivity index (χ4n) is 1.80. The van der Waals surface area contributed by atoms with Crippen LogP contribution in [0.3, 0.4) is 0 Å². The zero-order valence-corrected chi connectivity index (χ0v) is 9.99. The van der Waals surface area contributed by atoms with E-state index in [1.807, 2.05) is 11.7 Å². The quantitative estimate of drug-likeness (QED) is 0.787. The van der Waals surface area contributed by atoms with Crippen LogP contribution < -0.4 is 5.32 Å². The maximum absolute atomic E-state index is 5.40. The van der Waals surface area contributed by atoms with Gasteiger partial charge in [-0.1, -0.05) is 13.0 Å². The minimum Gasteiger partial charge on any atom is -0.377 e. The number of rotatable bonds is 4. The standard InChI is InChI=1S/C12H19N3O/c1-3-11-7-12(15(2)14-11)13-8-10-5-4-6-16-9-10/h5,7,13H,3-4,6,8-9H2,1-2H3. The van der Waals surface area contributed by atoms with E-state index in [0.717, 1.165) is 44.1 Å². The van der Waals surface area contributed by atoms with Crippen molar-refractivity contribution in [3.8, 4) is 0 Å². The second-order valence-corrected chi connectivity index (χ2v) is 4.06. The molecule has 0 amide bonds. The lowest BCUT2D eigenvalue weighted by atomic mass is 10.2. The molecular formula is C12H19N3O. The SMILES string of the molecule is CCc1cc(NCC2=CCCOC2)n(C)n1. The Morgan fingerprint density at radius 2 is 2.44 bits per heavy atom. The number of nitrogens with zero attached hydrogens (tertiary/aromatic N) is 2. The number of aryl methyl sites for hydroxylation is 2. The maximum Gasteiger partial charge on any atom is 0.124 e. The fourth-order valence-corrected chi connectivity index (χ4v) is 1.80. The first-order valence-corrected chi connectivity index (χ1v) is 5.82. The molecule has 88 valence electrons. The van der Waals surface area contributed by atoms with Crippen molar-refractivity contribution in [2.45, 2.75) is 19.8 Å². The van der Waals surface area contributed by atoms with Crippen LogP contribution in [0.25, 0.3) is 0 Å². The van der Waals surface area contributed by atoms with Crippen molar-refractivity contribution in [3.05, 3.63) is 23.4 Å². The number of hydrogen-bond acceptors (Lipinski definition) is 3. The average molecular weight is 221 g/mol. The molecule has 0 atom stereocenters. The maximum atomic E-state index is 5.40. The number of aromatic nitrogens is 2. The number of hydrogen-bond donors (Lipinski definition) is 1. The Balaban J connectivity index is 1.93.